The van der Waals surface area contributed by atoms with Crippen molar-refractivity contribution in [1.29, 1.82) is 0 Å². The summed E-state index contributed by atoms with van der Waals surface area (Å²) in [7, 11) is 0. The number of hydrogen-bond donors (Lipinski definition) is 3. The fourth-order valence-corrected chi connectivity index (χ4v) is 2.55. The molecule has 1 saturated heterocycles. The number of hydrogen-bond acceptors (Lipinski definition) is 3. The van der Waals surface area contributed by atoms with Crippen LogP contribution < -0.4 is 10.6 Å². The van der Waals surface area contributed by atoms with Crippen LogP contribution in [0.15, 0.2) is 18.2 Å². The van der Waals surface area contributed by atoms with Crippen LogP contribution in [-0.2, 0) is 4.79 Å². The highest BCUT2D eigenvalue weighted by molar-refractivity contribution is 5.85. The third kappa shape index (κ3) is 3.72. The zero-order valence-corrected chi connectivity index (χ0v) is 13.0. The second-order valence-corrected chi connectivity index (χ2v) is 5.37. The zero-order chi connectivity index (χ0) is 14.0. The summed E-state index contributed by atoms with van der Waals surface area (Å²) in [5.41, 5.74) is 3.59. The molecule has 3 atom stereocenters. The van der Waals surface area contributed by atoms with Crippen LogP contribution in [0, 0.1) is 13.8 Å². The van der Waals surface area contributed by atoms with E-state index in [9.17, 15) is 9.90 Å². The van der Waals surface area contributed by atoms with E-state index < -0.39 is 6.10 Å². The lowest BCUT2D eigenvalue weighted by Crippen LogP contribution is -2.41. The second kappa shape index (κ2) is 7.07. The molecule has 0 saturated carbocycles. The molecule has 1 aliphatic heterocycles. The van der Waals surface area contributed by atoms with Gasteiger partial charge in [-0.3, -0.25) is 4.79 Å². The van der Waals surface area contributed by atoms with E-state index in [-0.39, 0.29) is 30.4 Å². The monoisotopic (exact) mass is 298 g/mol. The van der Waals surface area contributed by atoms with Crippen LogP contribution in [0.25, 0.3) is 0 Å². The van der Waals surface area contributed by atoms with Crippen molar-refractivity contribution in [2.45, 2.75) is 45.4 Å². The number of rotatable bonds is 3. The summed E-state index contributed by atoms with van der Waals surface area (Å²) in [6.45, 7) is 6.63. The Morgan fingerprint density at radius 1 is 1.45 bits per heavy atom. The standard InChI is InChI=1S/C15H22N2O2.ClH/c1-9-5-4-6-13(10(9)2)11(3)17-15(19)14-7-12(18)8-16-14;/h4-6,11-12,14,16,18H,7-8H2,1-3H3,(H,17,19);1H. The second-order valence-electron chi connectivity index (χ2n) is 5.37. The molecular weight excluding hydrogens is 276 g/mol. The predicted octanol–water partition coefficient (Wildman–Crippen LogP) is 1.63. The van der Waals surface area contributed by atoms with E-state index in [2.05, 4.69) is 30.5 Å². The van der Waals surface area contributed by atoms with Gasteiger partial charge in [-0.05, 0) is 43.9 Å². The quantitative estimate of drug-likeness (QED) is 0.795. The first-order valence-corrected chi connectivity index (χ1v) is 6.77. The normalized spacial score (nSPS) is 23.0. The minimum atomic E-state index is -0.410. The number of carbonyl (C=O) groups is 1. The molecule has 0 spiro atoms. The zero-order valence-electron chi connectivity index (χ0n) is 12.1. The van der Waals surface area contributed by atoms with Gasteiger partial charge >= 0.3 is 0 Å². The van der Waals surface area contributed by atoms with Crippen molar-refractivity contribution in [3.8, 4) is 0 Å². The molecule has 3 N–H and O–H groups in total. The van der Waals surface area contributed by atoms with E-state index in [0.717, 1.165) is 5.56 Å². The molecule has 112 valence electrons. The molecule has 20 heavy (non-hydrogen) atoms. The highest BCUT2D eigenvalue weighted by atomic mass is 35.5. The Labute approximate surface area is 126 Å². The molecule has 1 aromatic rings. The number of carbonyl (C=O) groups excluding carboxylic acids is 1. The lowest BCUT2D eigenvalue weighted by atomic mass is 9.98. The number of benzene rings is 1. The van der Waals surface area contributed by atoms with E-state index in [1.165, 1.54) is 11.1 Å². The average molecular weight is 299 g/mol. The largest absolute Gasteiger partial charge is 0.392 e. The van der Waals surface area contributed by atoms with Gasteiger partial charge in [0.1, 0.15) is 0 Å². The molecule has 1 fully saturated rings. The number of aliphatic hydroxyl groups excluding tert-OH is 1. The summed E-state index contributed by atoms with van der Waals surface area (Å²) in [6.07, 6.45) is 0.0810. The molecule has 3 unspecified atom stereocenters. The number of amides is 1. The number of nitrogens with one attached hydrogen (secondary N) is 2. The third-order valence-electron chi connectivity index (χ3n) is 3.90. The van der Waals surface area contributed by atoms with Crippen molar-refractivity contribution >= 4 is 18.3 Å². The van der Waals surface area contributed by atoms with Gasteiger partial charge in [0.15, 0.2) is 0 Å². The van der Waals surface area contributed by atoms with Gasteiger partial charge in [0, 0.05) is 6.54 Å². The van der Waals surface area contributed by atoms with Gasteiger partial charge in [0.05, 0.1) is 18.2 Å². The van der Waals surface area contributed by atoms with E-state index in [0.29, 0.717) is 13.0 Å². The Balaban J connectivity index is 0.00000200. The maximum absolute atomic E-state index is 12.1. The van der Waals surface area contributed by atoms with Crippen molar-refractivity contribution in [2.75, 3.05) is 6.54 Å². The summed E-state index contributed by atoms with van der Waals surface area (Å²) >= 11 is 0. The van der Waals surface area contributed by atoms with E-state index in [1.54, 1.807) is 0 Å². The van der Waals surface area contributed by atoms with E-state index >= 15 is 0 Å². The molecule has 1 amide bonds. The van der Waals surface area contributed by atoms with Crippen molar-refractivity contribution < 1.29 is 9.90 Å². The molecule has 0 aliphatic carbocycles. The van der Waals surface area contributed by atoms with Crippen LogP contribution in [0.1, 0.15) is 36.1 Å². The van der Waals surface area contributed by atoms with E-state index in [4.69, 9.17) is 0 Å². The summed E-state index contributed by atoms with van der Waals surface area (Å²) in [5, 5.41) is 15.5. The van der Waals surface area contributed by atoms with Gasteiger partial charge in [-0.15, -0.1) is 12.4 Å². The van der Waals surface area contributed by atoms with Crippen molar-refractivity contribution in [2.24, 2.45) is 0 Å². The Hall–Kier alpha value is -1.10. The Morgan fingerprint density at radius 2 is 2.15 bits per heavy atom. The van der Waals surface area contributed by atoms with Crippen LogP contribution in [0.5, 0.6) is 0 Å². The minimum Gasteiger partial charge on any atom is -0.392 e. The number of aliphatic hydroxyl groups is 1. The Morgan fingerprint density at radius 3 is 2.75 bits per heavy atom. The first-order valence-electron chi connectivity index (χ1n) is 6.77. The summed E-state index contributed by atoms with van der Waals surface area (Å²) in [4.78, 5) is 12.1. The van der Waals surface area contributed by atoms with Crippen molar-refractivity contribution in [3.63, 3.8) is 0 Å². The first-order chi connectivity index (χ1) is 8.99. The minimum absolute atomic E-state index is 0. The van der Waals surface area contributed by atoms with Crippen LogP contribution in [0.2, 0.25) is 0 Å². The summed E-state index contributed by atoms with van der Waals surface area (Å²) in [5.74, 6) is -0.0371. The molecule has 5 heteroatoms. The molecule has 4 nitrogen and oxygen atoms in total. The molecule has 0 bridgehead atoms. The van der Waals surface area contributed by atoms with Gasteiger partial charge in [0.25, 0.3) is 0 Å². The predicted molar refractivity (Wildman–Crippen MR) is 82.1 cm³/mol. The van der Waals surface area contributed by atoms with Crippen LogP contribution in [-0.4, -0.2) is 29.7 Å². The van der Waals surface area contributed by atoms with Crippen LogP contribution in [0.3, 0.4) is 0 Å². The van der Waals surface area contributed by atoms with Crippen LogP contribution >= 0.6 is 12.4 Å². The van der Waals surface area contributed by atoms with Crippen LogP contribution in [0.4, 0.5) is 0 Å². The molecule has 0 aromatic heterocycles. The highest BCUT2D eigenvalue weighted by Crippen LogP contribution is 2.20. The molecule has 2 rings (SSSR count). The summed E-state index contributed by atoms with van der Waals surface area (Å²) in [6, 6.07) is 5.83. The lowest BCUT2D eigenvalue weighted by molar-refractivity contribution is -0.123. The smallest absolute Gasteiger partial charge is 0.237 e. The molecule has 1 heterocycles. The van der Waals surface area contributed by atoms with Gasteiger partial charge in [-0.25, -0.2) is 0 Å². The number of aryl methyl sites for hydroxylation is 1. The average Bonchev–Trinajstić information content (AvgIpc) is 2.79. The fourth-order valence-electron chi connectivity index (χ4n) is 2.55. The summed E-state index contributed by atoms with van der Waals surface area (Å²) < 4.78 is 0. The van der Waals surface area contributed by atoms with Gasteiger partial charge in [-0.2, -0.15) is 0 Å². The van der Waals surface area contributed by atoms with E-state index in [1.807, 2.05) is 19.1 Å². The Kier molecular flexibility index (Phi) is 5.99. The SMILES string of the molecule is Cc1cccc(C(C)NC(=O)C2CC(O)CN2)c1C.Cl. The third-order valence-corrected chi connectivity index (χ3v) is 3.90. The van der Waals surface area contributed by atoms with Gasteiger partial charge in [-0.1, -0.05) is 18.2 Å². The maximum Gasteiger partial charge on any atom is 0.237 e. The van der Waals surface area contributed by atoms with Gasteiger partial charge in [0.2, 0.25) is 5.91 Å². The van der Waals surface area contributed by atoms with Crippen molar-refractivity contribution in [1.82, 2.24) is 10.6 Å². The molecule has 0 radical (unpaired) electrons. The number of β-amino-alcohol motifs (C(OH)–C–C–N with tert-alkyl or cyclic N) is 1. The fraction of sp³-hybridized carbons (Fsp3) is 0.533. The molecular formula is C15H23ClN2O2. The molecule has 1 aromatic carbocycles. The van der Waals surface area contributed by atoms with Gasteiger partial charge < -0.3 is 15.7 Å². The Bertz CT molecular complexity index is 479. The lowest BCUT2D eigenvalue weighted by Gasteiger charge is -2.20. The first kappa shape index (κ1) is 17.0. The maximum atomic E-state index is 12.1. The van der Waals surface area contributed by atoms with Crippen molar-refractivity contribution in [3.05, 3.63) is 34.9 Å². The molecule has 1 aliphatic rings. The highest BCUT2D eigenvalue weighted by Gasteiger charge is 2.28. The number of halogens is 1. The topological polar surface area (TPSA) is 61.4 Å².